The summed E-state index contributed by atoms with van der Waals surface area (Å²) >= 11 is 0. The molecular weight excluding hydrogens is 168 g/mol. The molecule has 2 heterocycles. The predicted octanol–water partition coefficient (Wildman–Crippen LogP) is -0.103. The van der Waals surface area contributed by atoms with E-state index in [1.165, 1.54) is 0 Å². The molecule has 0 aliphatic carbocycles. The van der Waals surface area contributed by atoms with Gasteiger partial charge in [0.15, 0.2) is 0 Å². The fraction of sp³-hybridized carbons (Fsp3) is 0.889. The van der Waals surface area contributed by atoms with Crippen LogP contribution in [0.5, 0.6) is 0 Å². The molecule has 0 aromatic carbocycles. The van der Waals surface area contributed by atoms with Crippen LogP contribution in [0.15, 0.2) is 0 Å². The van der Waals surface area contributed by atoms with Crippen LogP contribution in [0.3, 0.4) is 0 Å². The summed E-state index contributed by atoms with van der Waals surface area (Å²) in [4.78, 5) is 13.1. The van der Waals surface area contributed by atoms with Crippen molar-refractivity contribution >= 4 is 5.97 Å². The molecule has 4 heteroatoms. The number of rotatable bonds is 2. The molecule has 2 rings (SSSR count). The lowest BCUT2D eigenvalue weighted by atomic mass is 10.1. The van der Waals surface area contributed by atoms with Crippen LogP contribution in [0.25, 0.3) is 0 Å². The second kappa shape index (κ2) is 3.64. The van der Waals surface area contributed by atoms with Gasteiger partial charge in [0, 0.05) is 12.6 Å². The molecule has 2 atom stereocenters. The molecule has 13 heavy (non-hydrogen) atoms. The van der Waals surface area contributed by atoms with Gasteiger partial charge in [-0.15, -0.1) is 0 Å². The Hall–Kier alpha value is -0.610. The fourth-order valence-electron chi connectivity index (χ4n) is 2.41. The fourth-order valence-corrected chi connectivity index (χ4v) is 2.41. The van der Waals surface area contributed by atoms with Gasteiger partial charge in [0.2, 0.25) is 0 Å². The number of likely N-dealkylation sites (tertiary alicyclic amines) is 1. The number of nitrogens with zero attached hydrogens (tertiary/aromatic N) is 1. The Kier molecular flexibility index (Phi) is 2.51. The first-order valence-corrected chi connectivity index (χ1v) is 4.98. The van der Waals surface area contributed by atoms with Crippen LogP contribution in [0.2, 0.25) is 0 Å². The van der Waals surface area contributed by atoms with Crippen LogP contribution in [-0.4, -0.2) is 47.7 Å². The van der Waals surface area contributed by atoms with Crippen molar-refractivity contribution in [3.05, 3.63) is 0 Å². The van der Waals surface area contributed by atoms with Gasteiger partial charge in [0.25, 0.3) is 0 Å². The third-order valence-corrected chi connectivity index (χ3v) is 3.08. The molecular formula is C9H16N2O2. The van der Waals surface area contributed by atoms with Gasteiger partial charge in [-0.1, -0.05) is 0 Å². The largest absolute Gasteiger partial charge is 0.480 e. The van der Waals surface area contributed by atoms with Crippen molar-refractivity contribution in [2.45, 2.75) is 31.3 Å². The second-order valence-corrected chi connectivity index (χ2v) is 3.88. The van der Waals surface area contributed by atoms with E-state index in [0.29, 0.717) is 6.04 Å². The first-order valence-electron chi connectivity index (χ1n) is 4.98. The topological polar surface area (TPSA) is 52.6 Å². The van der Waals surface area contributed by atoms with Gasteiger partial charge in [0.05, 0.1) is 0 Å². The highest BCUT2D eigenvalue weighted by atomic mass is 16.4. The maximum absolute atomic E-state index is 10.9. The first kappa shape index (κ1) is 8.97. The van der Waals surface area contributed by atoms with E-state index in [2.05, 4.69) is 10.2 Å². The molecule has 2 N–H and O–H groups in total. The Labute approximate surface area is 77.9 Å². The monoisotopic (exact) mass is 184 g/mol. The maximum atomic E-state index is 10.9. The summed E-state index contributed by atoms with van der Waals surface area (Å²) in [5.41, 5.74) is 0. The quantitative estimate of drug-likeness (QED) is 0.629. The van der Waals surface area contributed by atoms with Gasteiger partial charge in [-0.05, 0) is 32.4 Å². The highest BCUT2D eigenvalue weighted by molar-refractivity contribution is 5.73. The summed E-state index contributed by atoms with van der Waals surface area (Å²) in [6.45, 7) is 2.96. The highest BCUT2D eigenvalue weighted by Gasteiger charge is 2.36. The van der Waals surface area contributed by atoms with Crippen molar-refractivity contribution in [1.29, 1.82) is 0 Å². The molecule has 0 unspecified atom stereocenters. The molecule has 0 saturated carbocycles. The summed E-state index contributed by atoms with van der Waals surface area (Å²) in [6.07, 6.45) is 2.96. The number of hydrogen-bond acceptors (Lipinski definition) is 3. The molecule has 0 bridgehead atoms. The van der Waals surface area contributed by atoms with E-state index in [1.54, 1.807) is 0 Å². The molecule has 4 nitrogen and oxygen atoms in total. The van der Waals surface area contributed by atoms with Crippen molar-refractivity contribution in [2.75, 3.05) is 19.6 Å². The summed E-state index contributed by atoms with van der Waals surface area (Å²) in [5.74, 6) is -0.649. The lowest BCUT2D eigenvalue weighted by molar-refractivity contribution is -0.142. The Balaban J connectivity index is 2.00. The van der Waals surface area contributed by atoms with Crippen LogP contribution >= 0.6 is 0 Å². The number of nitrogens with one attached hydrogen (secondary N) is 1. The third kappa shape index (κ3) is 1.69. The zero-order chi connectivity index (χ0) is 9.26. The van der Waals surface area contributed by atoms with Crippen LogP contribution in [0.4, 0.5) is 0 Å². The van der Waals surface area contributed by atoms with E-state index in [-0.39, 0.29) is 6.04 Å². The average Bonchev–Trinajstić information content (AvgIpc) is 2.74. The SMILES string of the molecule is O=C(O)[C@H]1CCCN1[C@@H]1CCNC1. The minimum atomic E-state index is -0.649. The van der Waals surface area contributed by atoms with Crippen LogP contribution in [0.1, 0.15) is 19.3 Å². The van der Waals surface area contributed by atoms with Gasteiger partial charge >= 0.3 is 5.97 Å². The molecule has 2 aliphatic rings. The number of carboxylic acids is 1. The van der Waals surface area contributed by atoms with Crippen molar-refractivity contribution in [2.24, 2.45) is 0 Å². The second-order valence-electron chi connectivity index (χ2n) is 3.88. The molecule has 0 radical (unpaired) electrons. The maximum Gasteiger partial charge on any atom is 0.320 e. The van der Waals surface area contributed by atoms with E-state index < -0.39 is 5.97 Å². The summed E-state index contributed by atoms with van der Waals surface area (Å²) < 4.78 is 0. The predicted molar refractivity (Wildman–Crippen MR) is 48.6 cm³/mol. The highest BCUT2D eigenvalue weighted by Crippen LogP contribution is 2.22. The number of aliphatic carboxylic acids is 1. The van der Waals surface area contributed by atoms with E-state index >= 15 is 0 Å². The van der Waals surface area contributed by atoms with Crippen LogP contribution in [-0.2, 0) is 4.79 Å². The van der Waals surface area contributed by atoms with Crippen molar-refractivity contribution < 1.29 is 9.90 Å². The third-order valence-electron chi connectivity index (χ3n) is 3.08. The Morgan fingerprint density at radius 1 is 1.46 bits per heavy atom. The molecule has 0 spiro atoms. The first-order chi connectivity index (χ1) is 6.29. The van der Waals surface area contributed by atoms with Crippen LogP contribution in [0, 0.1) is 0 Å². The van der Waals surface area contributed by atoms with E-state index in [1.807, 2.05) is 0 Å². The molecule has 0 aromatic heterocycles. The molecule has 2 saturated heterocycles. The minimum Gasteiger partial charge on any atom is -0.480 e. The zero-order valence-corrected chi connectivity index (χ0v) is 7.70. The standard InChI is InChI=1S/C9H16N2O2/c12-9(13)8-2-1-5-11(8)7-3-4-10-6-7/h7-8,10H,1-6H2,(H,12,13)/t7-,8-/m1/s1. The normalized spacial score (nSPS) is 35.4. The molecule has 2 fully saturated rings. The summed E-state index contributed by atoms with van der Waals surface area (Å²) in [6, 6.07) is 0.244. The van der Waals surface area contributed by atoms with E-state index in [4.69, 9.17) is 5.11 Å². The van der Waals surface area contributed by atoms with Crippen LogP contribution < -0.4 is 5.32 Å². The molecule has 0 aromatic rings. The van der Waals surface area contributed by atoms with Gasteiger partial charge in [-0.3, -0.25) is 9.69 Å². The average molecular weight is 184 g/mol. The lowest BCUT2D eigenvalue weighted by Gasteiger charge is -2.27. The van der Waals surface area contributed by atoms with Gasteiger partial charge in [0.1, 0.15) is 6.04 Å². The van der Waals surface area contributed by atoms with Crippen molar-refractivity contribution in [3.8, 4) is 0 Å². The number of carbonyl (C=O) groups is 1. The minimum absolute atomic E-state index is 0.218. The van der Waals surface area contributed by atoms with Gasteiger partial charge in [-0.25, -0.2) is 0 Å². The van der Waals surface area contributed by atoms with Crippen molar-refractivity contribution in [3.63, 3.8) is 0 Å². The summed E-state index contributed by atoms with van der Waals surface area (Å²) in [5, 5.41) is 12.3. The Morgan fingerprint density at radius 3 is 2.92 bits per heavy atom. The van der Waals surface area contributed by atoms with Gasteiger partial charge in [-0.2, -0.15) is 0 Å². The smallest absolute Gasteiger partial charge is 0.320 e. The number of hydrogen-bond donors (Lipinski definition) is 2. The Morgan fingerprint density at radius 2 is 2.31 bits per heavy atom. The van der Waals surface area contributed by atoms with Gasteiger partial charge < -0.3 is 10.4 Å². The van der Waals surface area contributed by atoms with E-state index in [9.17, 15) is 4.79 Å². The molecule has 74 valence electrons. The van der Waals surface area contributed by atoms with Crippen molar-refractivity contribution in [1.82, 2.24) is 10.2 Å². The summed E-state index contributed by atoms with van der Waals surface area (Å²) in [7, 11) is 0. The van der Waals surface area contributed by atoms with E-state index in [0.717, 1.165) is 38.9 Å². The Bertz CT molecular complexity index is 202. The zero-order valence-electron chi connectivity index (χ0n) is 7.70. The molecule has 2 aliphatic heterocycles. The number of carboxylic acid groups (broad SMARTS) is 1. The lowest BCUT2D eigenvalue weighted by Crippen LogP contribution is -2.44. The molecule has 0 amide bonds.